The van der Waals surface area contributed by atoms with Crippen LogP contribution in [0.25, 0.3) is 0 Å². The van der Waals surface area contributed by atoms with Crippen molar-refractivity contribution in [3.05, 3.63) is 12.2 Å². The molecule has 1 unspecified atom stereocenters. The van der Waals surface area contributed by atoms with Crippen LogP contribution in [0, 0.1) is 0 Å². The van der Waals surface area contributed by atoms with Gasteiger partial charge in [0.15, 0.2) is 7.37 Å². The number of hydrogen-bond donors (Lipinski definition) is 1. The SMILES string of the molecule is C=C(C)CCP(C)(=O)O. The van der Waals surface area contributed by atoms with Crippen LogP contribution in [0.4, 0.5) is 0 Å². The molecule has 0 amide bonds. The summed E-state index contributed by atoms with van der Waals surface area (Å²) in [6, 6.07) is 0. The third kappa shape index (κ3) is 7.93. The minimum atomic E-state index is -2.78. The lowest BCUT2D eigenvalue weighted by Gasteiger charge is -2.02. The van der Waals surface area contributed by atoms with Crippen LogP contribution in [0.5, 0.6) is 0 Å². The highest BCUT2D eigenvalue weighted by Gasteiger charge is 2.07. The molecule has 0 radical (unpaired) electrons. The van der Waals surface area contributed by atoms with Crippen LogP contribution in [0.1, 0.15) is 13.3 Å². The van der Waals surface area contributed by atoms with Crippen LogP contribution in [0.2, 0.25) is 0 Å². The fourth-order valence-electron chi connectivity index (χ4n) is 0.398. The Morgan fingerprint density at radius 3 is 2.33 bits per heavy atom. The molecule has 0 saturated carbocycles. The standard InChI is InChI=1S/C6H13O2P/c1-6(2)4-5-9(3,7)8/h1,4-5H2,2-3H3,(H,7,8). The van der Waals surface area contributed by atoms with Gasteiger partial charge in [-0.2, -0.15) is 0 Å². The highest BCUT2D eigenvalue weighted by atomic mass is 31.2. The quantitative estimate of drug-likeness (QED) is 0.490. The average molecular weight is 148 g/mol. The zero-order chi connectivity index (χ0) is 7.49. The van der Waals surface area contributed by atoms with Gasteiger partial charge in [0.25, 0.3) is 0 Å². The van der Waals surface area contributed by atoms with E-state index in [1.54, 1.807) is 0 Å². The summed E-state index contributed by atoms with van der Waals surface area (Å²) in [5.41, 5.74) is 0.964. The summed E-state index contributed by atoms with van der Waals surface area (Å²) in [4.78, 5) is 8.78. The van der Waals surface area contributed by atoms with Gasteiger partial charge in [-0.05, 0) is 13.3 Å². The Morgan fingerprint density at radius 1 is 1.78 bits per heavy atom. The maximum Gasteiger partial charge on any atom is 0.197 e. The Labute approximate surface area is 56.0 Å². The molecule has 0 aromatic carbocycles. The molecule has 0 heterocycles. The molecule has 54 valence electrons. The van der Waals surface area contributed by atoms with Gasteiger partial charge in [-0.3, -0.25) is 4.57 Å². The van der Waals surface area contributed by atoms with E-state index >= 15 is 0 Å². The van der Waals surface area contributed by atoms with Gasteiger partial charge in [0.05, 0.1) is 0 Å². The molecule has 1 atom stereocenters. The van der Waals surface area contributed by atoms with Crippen LogP contribution >= 0.6 is 7.37 Å². The van der Waals surface area contributed by atoms with E-state index in [0.29, 0.717) is 12.6 Å². The second kappa shape index (κ2) is 3.19. The molecule has 3 heteroatoms. The molecular weight excluding hydrogens is 135 g/mol. The molecule has 1 N–H and O–H groups in total. The first-order valence-corrected chi connectivity index (χ1v) is 5.15. The Hall–Kier alpha value is -0.0700. The van der Waals surface area contributed by atoms with E-state index < -0.39 is 7.37 Å². The number of allylic oxidation sites excluding steroid dienone is 1. The number of rotatable bonds is 3. The molecule has 0 aliphatic heterocycles. The maximum absolute atomic E-state index is 10.6. The van der Waals surface area contributed by atoms with Crippen molar-refractivity contribution in [2.75, 3.05) is 12.8 Å². The predicted molar refractivity (Wildman–Crippen MR) is 40.0 cm³/mol. The van der Waals surface area contributed by atoms with Gasteiger partial charge >= 0.3 is 0 Å². The Morgan fingerprint density at radius 2 is 2.22 bits per heavy atom. The molecule has 2 nitrogen and oxygen atoms in total. The Balaban J connectivity index is 3.53. The van der Waals surface area contributed by atoms with E-state index in [2.05, 4.69) is 6.58 Å². The first-order chi connectivity index (χ1) is 3.92. The second-order valence-corrected chi connectivity index (χ2v) is 5.03. The lowest BCUT2D eigenvalue weighted by atomic mass is 10.3. The smallest absolute Gasteiger partial charge is 0.197 e. The van der Waals surface area contributed by atoms with Crippen molar-refractivity contribution in [2.45, 2.75) is 13.3 Å². The molecule has 0 rings (SSSR count). The highest BCUT2D eigenvalue weighted by Crippen LogP contribution is 2.36. The fraction of sp³-hybridized carbons (Fsp3) is 0.667. The molecular formula is C6H13O2P. The van der Waals surface area contributed by atoms with Gasteiger partial charge in [-0.15, -0.1) is 6.58 Å². The number of hydrogen-bond acceptors (Lipinski definition) is 1. The van der Waals surface area contributed by atoms with Gasteiger partial charge in [0.2, 0.25) is 0 Å². The lowest BCUT2D eigenvalue weighted by molar-refractivity contribution is 0.484. The summed E-state index contributed by atoms with van der Waals surface area (Å²) >= 11 is 0. The van der Waals surface area contributed by atoms with Crippen molar-refractivity contribution in [1.82, 2.24) is 0 Å². The van der Waals surface area contributed by atoms with Crippen LogP contribution in [0.15, 0.2) is 12.2 Å². The van der Waals surface area contributed by atoms with Crippen LogP contribution in [-0.4, -0.2) is 17.7 Å². The fourth-order valence-corrected chi connectivity index (χ4v) is 1.19. The maximum atomic E-state index is 10.6. The van der Waals surface area contributed by atoms with E-state index in [-0.39, 0.29) is 0 Å². The van der Waals surface area contributed by atoms with Gasteiger partial charge in [-0.1, -0.05) is 5.57 Å². The molecule has 0 aromatic heterocycles. The van der Waals surface area contributed by atoms with Crippen molar-refractivity contribution in [3.8, 4) is 0 Å². The van der Waals surface area contributed by atoms with Crippen molar-refractivity contribution in [2.24, 2.45) is 0 Å². The molecule has 9 heavy (non-hydrogen) atoms. The largest absolute Gasteiger partial charge is 0.344 e. The van der Waals surface area contributed by atoms with Gasteiger partial charge < -0.3 is 4.89 Å². The summed E-state index contributed by atoms with van der Waals surface area (Å²) in [6.07, 6.45) is 1.02. The summed E-state index contributed by atoms with van der Waals surface area (Å²) in [7, 11) is -2.78. The van der Waals surface area contributed by atoms with Gasteiger partial charge in [0, 0.05) is 12.8 Å². The normalized spacial score (nSPS) is 16.8. The predicted octanol–water partition coefficient (Wildman–Crippen LogP) is 1.85. The molecule has 0 fully saturated rings. The summed E-state index contributed by atoms with van der Waals surface area (Å²) in [5, 5.41) is 0. The first kappa shape index (κ1) is 8.93. The highest BCUT2D eigenvalue weighted by molar-refractivity contribution is 7.57. The van der Waals surface area contributed by atoms with Gasteiger partial charge in [0.1, 0.15) is 0 Å². The van der Waals surface area contributed by atoms with Crippen LogP contribution in [-0.2, 0) is 4.57 Å². The molecule has 0 aliphatic rings. The first-order valence-electron chi connectivity index (χ1n) is 2.85. The summed E-state index contributed by atoms with van der Waals surface area (Å²) in [5.74, 6) is 0. The third-order valence-corrected chi connectivity index (χ3v) is 2.01. The summed E-state index contributed by atoms with van der Waals surface area (Å²) < 4.78 is 10.6. The lowest BCUT2D eigenvalue weighted by Crippen LogP contribution is -1.86. The van der Waals surface area contributed by atoms with Crippen molar-refractivity contribution in [3.63, 3.8) is 0 Å². The van der Waals surface area contributed by atoms with Gasteiger partial charge in [-0.25, -0.2) is 0 Å². The van der Waals surface area contributed by atoms with Crippen molar-refractivity contribution in [1.29, 1.82) is 0 Å². The average Bonchev–Trinajstić information content (AvgIpc) is 1.59. The zero-order valence-corrected chi connectivity index (χ0v) is 6.82. The second-order valence-electron chi connectivity index (χ2n) is 2.48. The minimum Gasteiger partial charge on any atom is -0.344 e. The van der Waals surface area contributed by atoms with Crippen LogP contribution in [0.3, 0.4) is 0 Å². The molecule has 0 aromatic rings. The van der Waals surface area contributed by atoms with Crippen molar-refractivity contribution < 1.29 is 9.46 Å². The molecule has 0 spiro atoms. The van der Waals surface area contributed by atoms with E-state index in [1.807, 2.05) is 6.92 Å². The summed E-state index contributed by atoms with van der Waals surface area (Å²) in [6.45, 7) is 6.85. The van der Waals surface area contributed by atoms with E-state index in [4.69, 9.17) is 4.89 Å². The zero-order valence-electron chi connectivity index (χ0n) is 5.92. The molecule has 0 saturated heterocycles. The Bertz CT molecular complexity index is 145. The third-order valence-electron chi connectivity index (χ3n) is 0.953. The van der Waals surface area contributed by atoms with Crippen molar-refractivity contribution >= 4 is 7.37 Å². The minimum absolute atomic E-state index is 0.363. The molecule has 0 aliphatic carbocycles. The van der Waals surface area contributed by atoms with E-state index in [0.717, 1.165) is 5.57 Å². The monoisotopic (exact) mass is 148 g/mol. The van der Waals surface area contributed by atoms with E-state index in [1.165, 1.54) is 6.66 Å². The molecule has 0 bridgehead atoms. The van der Waals surface area contributed by atoms with E-state index in [9.17, 15) is 4.57 Å². The topological polar surface area (TPSA) is 37.3 Å². The Kier molecular flexibility index (Phi) is 3.16. The van der Waals surface area contributed by atoms with Crippen LogP contribution < -0.4 is 0 Å².